The number of hydrogen-bond donors (Lipinski definition) is 1. The largest absolute Gasteiger partial charge is 0.311 e. The van der Waals surface area contributed by atoms with Gasteiger partial charge in [-0.25, -0.2) is 0 Å². The van der Waals surface area contributed by atoms with Gasteiger partial charge in [-0.2, -0.15) is 0 Å². The van der Waals surface area contributed by atoms with Gasteiger partial charge in [0.15, 0.2) is 0 Å². The van der Waals surface area contributed by atoms with Crippen molar-refractivity contribution < 1.29 is 4.21 Å². The molecule has 3 nitrogen and oxygen atoms in total. The fourth-order valence-corrected chi connectivity index (χ4v) is 3.29. The summed E-state index contributed by atoms with van der Waals surface area (Å²) in [5, 5.41) is 3.95. The van der Waals surface area contributed by atoms with Gasteiger partial charge in [-0.15, -0.1) is 0 Å². The Bertz CT molecular complexity index is 451. The fourth-order valence-electron chi connectivity index (χ4n) is 2.85. The molecule has 118 valence electrons. The Morgan fingerprint density at radius 1 is 1.38 bits per heavy atom. The number of rotatable bonds is 6. The molecule has 0 aliphatic carbocycles. The normalized spacial score (nSPS) is 26.4. The van der Waals surface area contributed by atoms with Gasteiger partial charge >= 0.3 is 0 Å². The first-order valence-electron chi connectivity index (χ1n) is 7.90. The van der Waals surface area contributed by atoms with Gasteiger partial charge in [0.05, 0.1) is 0 Å². The second kappa shape index (κ2) is 8.06. The van der Waals surface area contributed by atoms with E-state index in [0.717, 1.165) is 32.5 Å². The van der Waals surface area contributed by atoms with Crippen LogP contribution in [0.2, 0.25) is 0 Å². The van der Waals surface area contributed by atoms with Crippen molar-refractivity contribution in [3.05, 3.63) is 35.9 Å². The van der Waals surface area contributed by atoms with Crippen molar-refractivity contribution in [1.82, 2.24) is 10.2 Å². The fraction of sp³-hybridized carbons (Fsp3) is 0.647. The third kappa shape index (κ3) is 5.20. The Hall–Kier alpha value is -0.710. The summed E-state index contributed by atoms with van der Waals surface area (Å²) < 4.78 is 11.5. The van der Waals surface area contributed by atoms with Crippen molar-refractivity contribution in [3.8, 4) is 0 Å². The van der Waals surface area contributed by atoms with Crippen LogP contribution in [-0.4, -0.2) is 52.3 Å². The lowest BCUT2D eigenvalue weighted by atomic mass is 10.0. The van der Waals surface area contributed by atoms with Gasteiger partial charge in [-0.1, -0.05) is 37.3 Å². The average molecular weight is 308 g/mol. The summed E-state index contributed by atoms with van der Waals surface area (Å²) in [6.45, 7) is 7.54. The summed E-state index contributed by atoms with van der Waals surface area (Å²) in [5.74, 6) is 0. The molecule has 1 N–H and O–H groups in total. The van der Waals surface area contributed by atoms with Crippen molar-refractivity contribution in [2.75, 3.05) is 25.9 Å². The zero-order valence-corrected chi connectivity index (χ0v) is 14.2. The molecule has 0 radical (unpaired) electrons. The lowest BCUT2D eigenvalue weighted by Gasteiger charge is -2.39. The van der Waals surface area contributed by atoms with Crippen LogP contribution in [0.5, 0.6) is 0 Å². The van der Waals surface area contributed by atoms with Gasteiger partial charge in [0, 0.05) is 47.5 Å². The first-order chi connectivity index (χ1) is 10.1. The SMILES string of the molecule is CC1CNC(Cc2ccccc2)CN1CCC(C)S(C)=O. The standard InChI is InChI=1S/C17H28N2OS/c1-14-12-18-17(11-16-7-5-4-6-8-16)13-19(14)10-9-15(2)21(3)20/h4-8,14-15,17-18H,9-13H2,1-3H3. The molecule has 1 saturated heterocycles. The Morgan fingerprint density at radius 3 is 2.76 bits per heavy atom. The van der Waals surface area contributed by atoms with Gasteiger partial charge in [0.25, 0.3) is 0 Å². The molecular weight excluding hydrogens is 280 g/mol. The van der Waals surface area contributed by atoms with Crippen LogP contribution in [0.4, 0.5) is 0 Å². The minimum atomic E-state index is -0.708. The molecule has 0 amide bonds. The maximum Gasteiger partial charge on any atom is 0.0329 e. The summed E-state index contributed by atoms with van der Waals surface area (Å²) in [6, 6.07) is 11.8. The molecular formula is C17H28N2OS. The number of piperazine rings is 1. The molecule has 2 rings (SSSR count). The van der Waals surface area contributed by atoms with E-state index >= 15 is 0 Å². The predicted molar refractivity (Wildman–Crippen MR) is 91.1 cm³/mol. The maximum atomic E-state index is 11.5. The predicted octanol–water partition coefficient (Wildman–Crippen LogP) is 2.05. The monoisotopic (exact) mass is 308 g/mol. The molecule has 4 heteroatoms. The second-order valence-corrected chi connectivity index (χ2v) is 8.04. The smallest absolute Gasteiger partial charge is 0.0329 e. The van der Waals surface area contributed by atoms with Crippen molar-refractivity contribution in [1.29, 1.82) is 0 Å². The van der Waals surface area contributed by atoms with Gasteiger partial charge in [-0.3, -0.25) is 9.11 Å². The van der Waals surface area contributed by atoms with Crippen LogP contribution in [0.3, 0.4) is 0 Å². The Balaban J connectivity index is 1.85. The van der Waals surface area contributed by atoms with Crippen LogP contribution in [0.15, 0.2) is 30.3 Å². The number of nitrogens with one attached hydrogen (secondary N) is 1. The molecule has 1 aromatic carbocycles. The quantitative estimate of drug-likeness (QED) is 0.873. The summed E-state index contributed by atoms with van der Waals surface area (Å²) >= 11 is 0. The summed E-state index contributed by atoms with van der Waals surface area (Å²) in [5.41, 5.74) is 1.40. The van der Waals surface area contributed by atoms with E-state index in [2.05, 4.69) is 54.4 Å². The molecule has 1 heterocycles. The van der Waals surface area contributed by atoms with Crippen molar-refractivity contribution in [2.45, 2.75) is 44.0 Å². The zero-order chi connectivity index (χ0) is 15.2. The van der Waals surface area contributed by atoms with E-state index < -0.39 is 10.8 Å². The van der Waals surface area contributed by atoms with Gasteiger partial charge < -0.3 is 5.32 Å². The van der Waals surface area contributed by atoms with Crippen LogP contribution in [-0.2, 0) is 17.2 Å². The van der Waals surface area contributed by atoms with Gasteiger partial charge in [-0.05, 0) is 31.9 Å². The highest BCUT2D eigenvalue weighted by Gasteiger charge is 2.25. The highest BCUT2D eigenvalue weighted by atomic mass is 32.2. The van der Waals surface area contributed by atoms with Crippen LogP contribution >= 0.6 is 0 Å². The lowest BCUT2D eigenvalue weighted by molar-refractivity contribution is 0.139. The topological polar surface area (TPSA) is 32.3 Å². The molecule has 1 fully saturated rings. The number of nitrogens with zero attached hydrogens (tertiary/aromatic N) is 1. The second-order valence-electron chi connectivity index (χ2n) is 6.24. The number of hydrogen-bond acceptors (Lipinski definition) is 3. The minimum absolute atomic E-state index is 0.291. The van der Waals surface area contributed by atoms with E-state index in [1.807, 2.05) is 6.26 Å². The van der Waals surface area contributed by atoms with Crippen molar-refractivity contribution in [3.63, 3.8) is 0 Å². The molecule has 4 atom stereocenters. The van der Waals surface area contributed by atoms with Crippen LogP contribution in [0, 0.1) is 0 Å². The molecule has 1 aliphatic rings. The first-order valence-corrected chi connectivity index (χ1v) is 9.52. The average Bonchev–Trinajstić information content (AvgIpc) is 2.48. The summed E-state index contributed by atoms with van der Waals surface area (Å²) in [6.07, 6.45) is 3.91. The molecule has 0 bridgehead atoms. The Kier molecular flexibility index (Phi) is 6.40. The van der Waals surface area contributed by atoms with E-state index in [0.29, 0.717) is 17.3 Å². The maximum absolute atomic E-state index is 11.5. The number of benzene rings is 1. The van der Waals surface area contributed by atoms with E-state index in [1.54, 1.807) is 0 Å². The molecule has 1 aromatic rings. The van der Waals surface area contributed by atoms with Crippen molar-refractivity contribution in [2.24, 2.45) is 0 Å². The Morgan fingerprint density at radius 2 is 2.10 bits per heavy atom. The van der Waals surface area contributed by atoms with Crippen LogP contribution in [0.1, 0.15) is 25.8 Å². The molecule has 4 unspecified atom stereocenters. The molecule has 1 aliphatic heterocycles. The van der Waals surface area contributed by atoms with Gasteiger partial charge in [0.1, 0.15) is 0 Å². The third-order valence-corrected chi connectivity index (χ3v) is 5.86. The molecule has 21 heavy (non-hydrogen) atoms. The van der Waals surface area contributed by atoms with E-state index in [9.17, 15) is 4.21 Å². The minimum Gasteiger partial charge on any atom is -0.311 e. The summed E-state index contributed by atoms with van der Waals surface area (Å²) in [7, 11) is -0.708. The van der Waals surface area contributed by atoms with Crippen molar-refractivity contribution >= 4 is 10.8 Å². The third-order valence-electron chi connectivity index (χ3n) is 4.49. The van der Waals surface area contributed by atoms with E-state index in [4.69, 9.17) is 0 Å². The molecule has 0 aromatic heterocycles. The highest BCUT2D eigenvalue weighted by Crippen LogP contribution is 2.13. The van der Waals surface area contributed by atoms with Gasteiger partial charge in [0.2, 0.25) is 0 Å². The van der Waals surface area contributed by atoms with Crippen LogP contribution < -0.4 is 5.32 Å². The first kappa shape index (κ1) is 16.7. The molecule has 0 spiro atoms. The highest BCUT2D eigenvalue weighted by molar-refractivity contribution is 7.84. The lowest BCUT2D eigenvalue weighted by Crippen LogP contribution is -2.56. The Labute approximate surface area is 131 Å². The zero-order valence-electron chi connectivity index (χ0n) is 13.4. The van der Waals surface area contributed by atoms with Crippen LogP contribution in [0.25, 0.3) is 0 Å². The van der Waals surface area contributed by atoms with E-state index in [-0.39, 0.29) is 0 Å². The van der Waals surface area contributed by atoms with E-state index in [1.165, 1.54) is 5.56 Å². The molecule has 0 saturated carbocycles. The summed E-state index contributed by atoms with van der Waals surface area (Å²) in [4.78, 5) is 2.55.